The molecule has 0 saturated carbocycles. The number of nitrogens with two attached hydrogens (primary N) is 1. The molecule has 1 saturated heterocycles. The summed E-state index contributed by atoms with van der Waals surface area (Å²) < 4.78 is 1.21. The van der Waals surface area contributed by atoms with Crippen LogP contribution in [0, 0.1) is 5.41 Å². The zero-order chi connectivity index (χ0) is 13.3. The number of nitrogen functional groups attached to an aromatic ring is 1. The lowest BCUT2D eigenvalue weighted by Crippen LogP contribution is -2.43. The van der Waals surface area contributed by atoms with Crippen molar-refractivity contribution in [1.29, 1.82) is 5.41 Å². The average molecular weight is 328 g/mol. The number of amidine groups is 1. The van der Waals surface area contributed by atoms with Gasteiger partial charge in [-0.1, -0.05) is 15.9 Å². The summed E-state index contributed by atoms with van der Waals surface area (Å²) in [4.78, 5) is 2.33. The summed E-state index contributed by atoms with van der Waals surface area (Å²) in [7, 11) is 0. The molecule has 1 heterocycles. The van der Waals surface area contributed by atoms with E-state index in [4.69, 9.17) is 11.1 Å². The first-order valence-corrected chi connectivity index (χ1v) is 7.70. The summed E-state index contributed by atoms with van der Waals surface area (Å²) in [5.74, 6) is 1.24. The summed E-state index contributed by atoms with van der Waals surface area (Å²) in [6.07, 6.45) is 0. The van der Waals surface area contributed by atoms with Crippen LogP contribution in [0.5, 0.6) is 0 Å². The number of halogens is 1. The van der Waals surface area contributed by atoms with Gasteiger partial charge in [0.15, 0.2) is 0 Å². The molecule has 0 aromatic heterocycles. The molecule has 1 aromatic rings. The van der Waals surface area contributed by atoms with Gasteiger partial charge in [0.25, 0.3) is 0 Å². The number of nitrogens with zero attached hydrogens (tertiary/aromatic N) is 1. The maximum absolute atomic E-state index is 7.72. The predicted molar refractivity (Wildman–Crippen MR) is 83.9 cm³/mol. The largest absolute Gasteiger partial charge is 0.384 e. The van der Waals surface area contributed by atoms with Gasteiger partial charge in [0, 0.05) is 39.3 Å². The van der Waals surface area contributed by atoms with Gasteiger partial charge in [-0.2, -0.15) is 11.8 Å². The molecule has 1 aliphatic heterocycles. The average Bonchev–Trinajstić information content (AvgIpc) is 2.27. The van der Waals surface area contributed by atoms with Crippen molar-refractivity contribution in [3.05, 3.63) is 28.2 Å². The van der Waals surface area contributed by atoms with E-state index in [9.17, 15) is 0 Å². The lowest BCUT2D eigenvalue weighted by atomic mass is 10.1. The second-order valence-electron chi connectivity index (χ2n) is 5.10. The number of hydrogen-bond acceptors (Lipinski definition) is 3. The lowest BCUT2D eigenvalue weighted by molar-refractivity contribution is 0.647. The van der Waals surface area contributed by atoms with Crippen molar-refractivity contribution >= 4 is 39.2 Å². The SMILES string of the molecule is CC1(C)CN(c2ccc(Br)cc2C(=N)N)CCS1. The van der Waals surface area contributed by atoms with Crippen molar-refractivity contribution in [2.24, 2.45) is 5.73 Å². The molecule has 0 spiro atoms. The van der Waals surface area contributed by atoms with Gasteiger partial charge >= 0.3 is 0 Å². The normalized spacial score (nSPS) is 18.7. The standard InChI is InChI=1S/C13H18BrN3S/c1-13(2)8-17(5-6-18-13)11-4-3-9(14)7-10(11)12(15)16/h3-4,7H,5-6,8H2,1-2H3,(H3,15,16). The minimum absolute atomic E-state index is 0.127. The van der Waals surface area contributed by atoms with Crippen LogP contribution in [0.25, 0.3) is 0 Å². The van der Waals surface area contributed by atoms with Gasteiger partial charge < -0.3 is 10.6 Å². The number of rotatable bonds is 2. The molecule has 0 bridgehead atoms. The second kappa shape index (κ2) is 5.13. The highest BCUT2D eigenvalue weighted by molar-refractivity contribution is 9.10. The molecule has 0 atom stereocenters. The van der Waals surface area contributed by atoms with Crippen LogP contribution >= 0.6 is 27.7 Å². The first kappa shape index (κ1) is 13.7. The van der Waals surface area contributed by atoms with Crippen molar-refractivity contribution in [2.75, 3.05) is 23.7 Å². The summed E-state index contributed by atoms with van der Waals surface area (Å²) in [6, 6.07) is 5.98. The quantitative estimate of drug-likeness (QED) is 0.648. The molecule has 0 unspecified atom stereocenters. The summed E-state index contributed by atoms with van der Waals surface area (Å²) >= 11 is 5.44. The number of benzene rings is 1. The second-order valence-corrected chi connectivity index (χ2v) is 7.82. The minimum atomic E-state index is 0.127. The van der Waals surface area contributed by atoms with Crippen LogP contribution in [0.1, 0.15) is 19.4 Å². The first-order chi connectivity index (χ1) is 8.39. The first-order valence-electron chi connectivity index (χ1n) is 5.92. The lowest BCUT2D eigenvalue weighted by Gasteiger charge is -2.39. The third-order valence-corrected chi connectivity index (χ3v) is 4.81. The van der Waals surface area contributed by atoms with Crippen LogP contribution in [0.4, 0.5) is 5.69 Å². The van der Waals surface area contributed by atoms with E-state index in [2.05, 4.69) is 34.7 Å². The van der Waals surface area contributed by atoms with E-state index in [-0.39, 0.29) is 10.6 Å². The van der Waals surface area contributed by atoms with Gasteiger partial charge in [0.2, 0.25) is 0 Å². The molecule has 3 N–H and O–H groups in total. The monoisotopic (exact) mass is 327 g/mol. The smallest absolute Gasteiger partial charge is 0.124 e. The van der Waals surface area contributed by atoms with Gasteiger partial charge in [0.1, 0.15) is 5.84 Å². The molecule has 1 aliphatic rings. The van der Waals surface area contributed by atoms with Crippen molar-refractivity contribution in [1.82, 2.24) is 0 Å². The molecule has 3 nitrogen and oxygen atoms in total. The van der Waals surface area contributed by atoms with E-state index < -0.39 is 0 Å². The third kappa shape index (κ3) is 3.01. The van der Waals surface area contributed by atoms with E-state index in [1.807, 2.05) is 30.0 Å². The van der Waals surface area contributed by atoms with Crippen LogP contribution in [-0.2, 0) is 0 Å². The zero-order valence-corrected chi connectivity index (χ0v) is 13.1. The molecule has 5 heteroatoms. The van der Waals surface area contributed by atoms with Crippen molar-refractivity contribution < 1.29 is 0 Å². The van der Waals surface area contributed by atoms with Crippen LogP contribution in [0.3, 0.4) is 0 Å². The van der Waals surface area contributed by atoms with E-state index in [0.717, 1.165) is 34.6 Å². The Hall–Kier alpha value is -0.680. The Balaban J connectivity index is 2.35. The Morgan fingerprint density at radius 3 is 2.83 bits per heavy atom. The minimum Gasteiger partial charge on any atom is -0.384 e. The zero-order valence-electron chi connectivity index (χ0n) is 10.7. The number of thioether (sulfide) groups is 1. The fraction of sp³-hybridized carbons (Fsp3) is 0.462. The van der Waals surface area contributed by atoms with Gasteiger partial charge in [-0.25, -0.2) is 0 Å². The number of hydrogen-bond donors (Lipinski definition) is 2. The van der Waals surface area contributed by atoms with Gasteiger partial charge in [-0.15, -0.1) is 0 Å². The number of nitrogens with one attached hydrogen (secondary N) is 1. The Kier molecular flexibility index (Phi) is 3.92. The highest BCUT2D eigenvalue weighted by Crippen LogP contribution is 2.34. The van der Waals surface area contributed by atoms with Gasteiger partial charge in [-0.05, 0) is 32.0 Å². The highest BCUT2D eigenvalue weighted by atomic mass is 79.9. The molecule has 98 valence electrons. The van der Waals surface area contributed by atoms with E-state index >= 15 is 0 Å². The van der Waals surface area contributed by atoms with Crippen molar-refractivity contribution in [2.45, 2.75) is 18.6 Å². The molecule has 18 heavy (non-hydrogen) atoms. The van der Waals surface area contributed by atoms with Gasteiger partial charge in [-0.3, -0.25) is 5.41 Å². The third-order valence-electron chi connectivity index (χ3n) is 3.02. The molecular formula is C13H18BrN3S. The van der Waals surface area contributed by atoms with E-state index in [1.165, 1.54) is 0 Å². The fourth-order valence-electron chi connectivity index (χ4n) is 2.22. The molecule has 0 amide bonds. The van der Waals surface area contributed by atoms with Crippen LogP contribution < -0.4 is 10.6 Å². The molecule has 0 aliphatic carbocycles. The topological polar surface area (TPSA) is 53.1 Å². The van der Waals surface area contributed by atoms with Crippen LogP contribution in [0.15, 0.2) is 22.7 Å². The van der Waals surface area contributed by atoms with Crippen LogP contribution in [0.2, 0.25) is 0 Å². The molecular weight excluding hydrogens is 310 g/mol. The Bertz CT molecular complexity index is 473. The highest BCUT2D eigenvalue weighted by Gasteiger charge is 2.28. The fourth-order valence-corrected chi connectivity index (χ4v) is 3.69. The van der Waals surface area contributed by atoms with Crippen LogP contribution in [-0.4, -0.2) is 29.4 Å². The van der Waals surface area contributed by atoms with Crippen molar-refractivity contribution in [3.63, 3.8) is 0 Å². The molecule has 2 rings (SSSR count). The Morgan fingerprint density at radius 2 is 2.22 bits per heavy atom. The molecule has 1 fully saturated rings. The van der Waals surface area contributed by atoms with Crippen molar-refractivity contribution in [3.8, 4) is 0 Å². The molecule has 0 radical (unpaired) electrons. The maximum atomic E-state index is 7.72. The number of anilines is 1. The maximum Gasteiger partial charge on any atom is 0.124 e. The summed E-state index contributed by atoms with van der Waals surface area (Å²) in [5.41, 5.74) is 7.57. The Labute approximate surface area is 121 Å². The molecule has 1 aromatic carbocycles. The van der Waals surface area contributed by atoms with E-state index in [1.54, 1.807) is 0 Å². The summed E-state index contributed by atoms with van der Waals surface area (Å²) in [5, 5.41) is 7.72. The Morgan fingerprint density at radius 1 is 1.50 bits per heavy atom. The summed E-state index contributed by atoms with van der Waals surface area (Å²) in [6.45, 7) is 6.52. The predicted octanol–water partition coefficient (Wildman–Crippen LogP) is 3.06. The van der Waals surface area contributed by atoms with E-state index in [0.29, 0.717) is 0 Å². The van der Waals surface area contributed by atoms with Gasteiger partial charge in [0.05, 0.1) is 0 Å².